The Morgan fingerprint density at radius 3 is 2.59 bits per heavy atom. The topological polar surface area (TPSA) is 92.6 Å². The summed E-state index contributed by atoms with van der Waals surface area (Å²) in [5, 5.41) is 18.3. The third-order valence-electron chi connectivity index (χ3n) is 4.35. The van der Waals surface area contributed by atoms with Crippen LogP contribution in [0.3, 0.4) is 0 Å². The average molecular weight is 369 g/mol. The second kappa shape index (κ2) is 8.18. The van der Waals surface area contributed by atoms with Gasteiger partial charge in [0.05, 0.1) is 18.2 Å². The van der Waals surface area contributed by atoms with Gasteiger partial charge in [0.25, 0.3) is 5.89 Å². The number of aromatic nitrogens is 2. The SMILES string of the molecule is Cc1cc(-c2nnc(CCC(=O)N(C)CC(O)c3ccccc3)o2)c(C)o1. The number of rotatable bonds is 7. The highest BCUT2D eigenvalue weighted by Crippen LogP contribution is 2.25. The van der Waals surface area contributed by atoms with E-state index in [1.165, 1.54) is 4.90 Å². The first-order valence-electron chi connectivity index (χ1n) is 8.81. The summed E-state index contributed by atoms with van der Waals surface area (Å²) in [5.41, 5.74) is 1.55. The van der Waals surface area contributed by atoms with E-state index in [0.717, 1.165) is 16.9 Å². The van der Waals surface area contributed by atoms with Crippen LogP contribution in [0.25, 0.3) is 11.5 Å². The number of aliphatic hydroxyl groups is 1. The summed E-state index contributed by atoms with van der Waals surface area (Å²) >= 11 is 0. The van der Waals surface area contributed by atoms with E-state index >= 15 is 0 Å². The van der Waals surface area contributed by atoms with Crippen molar-refractivity contribution in [2.75, 3.05) is 13.6 Å². The van der Waals surface area contributed by atoms with Gasteiger partial charge in [-0.25, -0.2) is 0 Å². The molecular formula is C20H23N3O4. The number of amides is 1. The van der Waals surface area contributed by atoms with E-state index in [9.17, 15) is 9.90 Å². The van der Waals surface area contributed by atoms with Crippen molar-refractivity contribution < 1.29 is 18.7 Å². The number of aryl methyl sites for hydroxylation is 3. The molecule has 0 fully saturated rings. The second-order valence-electron chi connectivity index (χ2n) is 6.53. The molecule has 142 valence electrons. The number of benzene rings is 1. The van der Waals surface area contributed by atoms with Gasteiger partial charge >= 0.3 is 0 Å². The summed E-state index contributed by atoms with van der Waals surface area (Å²) in [5.74, 6) is 2.18. The number of hydrogen-bond acceptors (Lipinski definition) is 6. The number of hydrogen-bond donors (Lipinski definition) is 1. The van der Waals surface area contributed by atoms with Gasteiger partial charge in [-0.3, -0.25) is 4.79 Å². The van der Waals surface area contributed by atoms with Crippen LogP contribution in [0.2, 0.25) is 0 Å². The molecule has 7 heteroatoms. The van der Waals surface area contributed by atoms with Crippen LogP contribution in [0.15, 0.2) is 45.2 Å². The molecule has 0 aliphatic carbocycles. The molecule has 2 heterocycles. The zero-order valence-corrected chi connectivity index (χ0v) is 15.7. The summed E-state index contributed by atoms with van der Waals surface area (Å²) in [7, 11) is 1.67. The molecule has 1 aromatic carbocycles. The fourth-order valence-corrected chi connectivity index (χ4v) is 2.85. The maximum atomic E-state index is 12.3. The first-order chi connectivity index (χ1) is 12.9. The molecule has 7 nitrogen and oxygen atoms in total. The molecule has 0 aliphatic heterocycles. The fraction of sp³-hybridized carbons (Fsp3) is 0.350. The minimum atomic E-state index is -0.720. The Balaban J connectivity index is 1.54. The molecule has 0 bridgehead atoms. The monoisotopic (exact) mass is 369 g/mol. The van der Waals surface area contributed by atoms with Crippen LogP contribution >= 0.6 is 0 Å². The van der Waals surface area contributed by atoms with Crippen LogP contribution < -0.4 is 0 Å². The van der Waals surface area contributed by atoms with Crippen LogP contribution in [0.4, 0.5) is 0 Å². The van der Waals surface area contributed by atoms with Crippen molar-refractivity contribution in [2.45, 2.75) is 32.8 Å². The quantitative estimate of drug-likeness (QED) is 0.688. The van der Waals surface area contributed by atoms with Gasteiger partial charge in [0.15, 0.2) is 0 Å². The predicted molar refractivity (Wildman–Crippen MR) is 98.8 cm³/mol. The third-order valence-corrected chi connectivity index (χ3v) is 4.35. The van der Waals surface area contributed by atoms with Crippen LogP contribution in [-0.2, 0) is 11.2 Å². The standard InChI is InChI=1S/C20H23N3O4/c1-13-11-16(14(2)26-13)20-22-21-18(27-20)9-10-19(25)23(3)12-17(24)15-7-5-4-6-8-15/h4-8,11,17,24H,9-10,12H2,1-3H3. The van der Waals surface area contributed by atoms with Gasteiger partial charge in [-0.05, 0) is 25.5 Å². The Labute approximate surface area is 157 Å². The third kappa shape index (κ3) is 4.62. The summed E-state index contributed by atoms with van der Waals surface area (Å²) < 4.78 is 11.1. The minimum Gasteiger partial charge on any atom is -0.466 e. The van der Waals surface area contributed by atoms with Crippen molar-refractivity contribution in [3.63, 3.8) is 0 Å². The lowest BCUT2D eigenvalue weighted by Crippen LogP contribution is -2.31. The summed E-state index contributed by atoms with van der Waals surface area (Å²) in [6, 6.07) is 11.1. The van der Waals surface area contributed by atoms with Crippen LogP contribution in [0.1, 0.15) is 35.5 Å². The van der Waals surface area contributed by atoms with Crippen LogP contribution in [0, 0.1) is 13.8 Å². The van der Waals surface area contributed by atoms with E-state index in [4.69, 9.17) is 8.83 Å². The highest BCUT2D eigenvalue weighted by molar-refractivity contribution is 5.76. The molecule has 0 radical (unpaired) electrons. The van der Waals surface area contributed by atoms with Crippen molar-refractivity contribution in [1.82, 2.24) is 15.1 Å². The van der Waals surface area contributed by atoms with Gasteiger partial charge in [-0.15, -0.1) is 10.2 Å². The maximum absolute atomic E-state index is 12.3. The Morgan fingerprint density at radius 1 is 1.19 bits per heavy atom. The smallest absolute Gasteiger partial charge is 0.251 e. The van der Waals surface area contributed by atoms with Gasteiger partial charge in [-0.2, -0.15) is 0 Å². The lowest BCUT2D eigenvalue weighted by atomic mass is 10.1. The molecule has 1 atom stereocenters. The molecule has 0 aliphatic rings. The highest BCUT2D eigenvalue weighted by Gasteiger charge is 2.18. The summed E-state index contributed by atoms with van der Waals surface area (Å²) in [6.07, 6.45) is -0.154. The van der Waals surface area contributed by atoms with Gasteiger partial charge in [0.2, 0.25) is 11.8 Å². The molecule has 0 saturated carbocycles. The predicted octanol–water partition coefficient (Wildman–Crippen LogP) is 3.07. The first kappa shape index (κ1) is 18.8. The average Bonchev–Trinajstić information content (AvgIpc) is 3.26. The molecule has 27 heavy (non-hydrogen) atoms. The Kier molecular flexibility index (Phi) is 5.71. The number of aliphatic hydroxyl groups excluding tert-OH is 1. The normalized spacial score (nSPS) is 12.1. The fourth-order valence-electron chi connectivity index (χ4n) is 2.85. The Bertz CT molecular complexity index is 901. The second-order valence-corrected chi connectivity index (χ2v) is 6.53. The van der Waals surface area contributed by atoms with E-state index in [1.54, 1.807) is 7.05 Å². The lowest BCUT2D eigenvalue weighted by molar-refractivity contribution is -0.131. The first-order valence-corrected chi connectivity index (χ1v) is 8.81. The van der Waals surface area contributed by atoms with E-state index in [0.29, 0.717) is 24.0 Å². The highest BCUT2D eigenvalue weighted by atomic mass is 16.4. The number of nitrogens with zero attached hydrogens (tertiary/aromatic N) is 3. The van der Waals surface area contributed by atoms with E-state index < -0.39 is 6.10 Å². The molecule has 1 N–H and O–H groups in total. The van der Waals surface area contributed by atoms with Gasteiger partial charge in [0.1, 0.15) is 11.5 Å². The van der Waals surface area contributed by atoms with Crippen molar-refractivity contribution in [1.29, 1.82) is 0 Å². The molecule has 2 aromatic heterocycles. The lowest BCUT2D eigenvalue weighted by Gasteiger charge is -2.21. The number of carbonyl (C=O) groups excluding carboxylic acids is 1. The van der Waals surface area contributed by atoms with Crippen molar-refractivity contribution >= 4 is 5.91 Å². The van der Waals surface area contributed by atoms with Crippen molar-refractivity contribution in [3.8, 4) is 11.5 Å². The molecule has 0 saturated heterocycles. The zero-order valence-electron chi connectivity index (χ0n) is 15.7. The van der Waals surface area contributed by atoms with Crippen molar-refractivity contribution in [3.05, 3.63) is 59.4 Å². The van der Waals surface area contributed by atoms with E-state index in [1.807, 2.05) is 50.2 Å². The van der Waals surface area contributed by atoms with Gasteiger partial charge in [-0.1, -0.05) is 30.3 Å². The summed E-state index contributed by atoms with van der Waals surface area (Å²) in [4.78, 5) is 13.8. The van der Waals surface area contributed by atoms with Crippen LogP contribution in [0.5, 0.6) is 0 Å². The Morgan fingerprint density at radius 2 is 1.93 bits per heavy atom. The minimum absolute atomic E-state index is 0.0972. The van der Waals surface area contributed by atoms with E-state index in [-0.39, 0.29) is 18.9 Å². The molecule has 3 rings (SSSR count). The molecule has 1 amide bonds. The molecule has 1 unspecified atom stereocenters. The number of carbonyl (C=O) groups is 1. The summed E-state index contributed by atoms with van der Waals surface area (Å²) in [6.45, 7) is 3.92. The van der Waals surface area contributed by atoms with Crippen molar-refractivity contribution in [2.24, 2.45) is 0 Å². The van der Waals surface area contributed by atoms with Gasteiger partial charge < -0.3 is 18.8 Å². The molecule has 3 aromatic rings. The maximum Gasteiger partial charge on any atom is 0.251 e. The zero-order chi connectivity index (χ0) is 19.4. The largest absolute Gasteiger partial charge is 0.466 e. The van der Waals surface area contributed by atoms with E-state index in [2.05, 4.69) is 10.2 Å². The Hall–Kier alpha value is -2.93. The molecule has 0 spiro atoms. The number of likely N-dealkylation sites (N-methyl/N-ethyl adjacent to an activating group) is 1. The molecular weight excluding hydrogens is 346 g/mol. The van der Waals surface area contributed by atoms with Gasteiger partial charge in [0, 0.05) is 19.9 Å². The van der Waals surface area contributed by atoms with Crippen LogP contribution in [-0.4, -0.2) is 39.7 Å². The number of furan rings is 1.